The van der Waals surface area contributed by atoms with Crippen LogP contribution in [0.2, 0.25) is 10.0 Å². The Morgan fingerprint density at radius 3 is 2.62 bits per heavy atom. The molecule has 0 spiro atoms. The van der Waals surface area contributed by atoms with E-state index < -0.39 is 9.84 Å². The first-order valence-corrected chi connectivity index (χ1v) is 10.0. The van der Waals surface area contributed by atoms with E-state index in [0.717, 1.165) is 5.56 Å². The van der Waals surface area contributed by atoms with Crippen molar-refractivity contribution in [3.63, 3.8) is 0 Å². The van der Waals surface area contributed by atoms with E-state index in [4.69, 9.17) is 27.9 Å². The molecule has 10 heteroatoms. The first-order valence-electron chi connectivity index (χ1n) is 7.59. The summed E-state index contributed by atoms with van der Waals surface area (Å²) in [6.45, 7) is 1.57. The van der Waals surface area contributed by atoms with E-state index in [-0.39, 0.29) is 15.7 Å². The van der Waals surface area contributed by atoms with Gasteiger partial charge in [-0.2, -0.15) is 0 Å². The van der Waals surface area contributed by atoms with Crippen molar-refractivity contribution in [2.75, 3.05) is 5.75 Å². The molecule has 0 fully saturated rings. The van der Waals surface area contributed by atoms with Gasteiger partial charge in [0, 0.05) is 11.4 Å². The highest BCUT2D eigenvalue weighted by molar-refractivity contribution is 7.91. The summed E-state index contributed by atoms with van der Waals surface area (Å²) < 4.78 is 29.6. The average Bonchev–Trinajstić information content (AvgIpc) is 3.09. The third-order valence-electron chi connectivity index (χ3n) is 3.56. The average molecular weight is 413 g/mol. The van der Waals surface area contributed by atoms with Gasteiger partial charge in [-0.1, -0.05) is 30.1 Å². The van der Waals surface area contributed by atoms with Crippen LogP contribution in [0.4, 0.5) is 0 Å². The molecule has 1 N–H and O–H groups in total. The van der Waals surface area contributed by atoms with Gasteiger partial charge in [0.1, 0.15) is 11.5 Å². The van der Waals surface area contributed by atoms with Gasteiger partial charge < -0.3 is 4.74 Å². The van der Waals surface area contributed by atoms with Crippen LogP contribution in [0, 0.1) is 0 Å². The maximum absolute atomic E-state index is 11.9. The first-order chi connectivity index (χ1) is 12.4. The van der Waals surface area contributed by atoms with Crippen molar-refractivity contribution in [1.29, 1.82) is 0 Å². The second-order valence-electron chi connectivity index (χ2n) is 5.42. The second-order valence-corrected chi connectivity index (χ2v) is 8.54. The van der Waals surface area contributed by atoms with Crippen LogP contribution in [0.15, 0.2) is 41.3 Å². The highest BCUT2D eigenvalue weighted by Crippen LogP contribution is 2.33. The molecule has 0 bridgehead atoms. The van der Waals surface area contributed by atoms with E-state index in [1.54, 1.807) is 25.1 Å². The first kappa shape index (κ1) is 18.6. The standard InChI is InChI=1S/C16H14Cl2N4O3S/c1-2-26(23,24)13-3-4-15(14(18)9-13)25-12-6-10(5-11(17)8-12)7-16-19-21-22-20-16/h3-6,8-9H,2,7H2,1H3,(H,19,20,21,22). The number of hydrogen-bond acceptors (Lipinski definition) is 6. The number of nitrogens with one attached hydrogen (secondary N) is 1. The van der Waals surface area contributed by atoms with Gasteiger partial charge in [-0.15, -0.1) is 5.10 Å². The third kappa shape index (κ3) is 4.32. The van der Waals surface area contributed by atoms with Crippen LogP contribution in [-0.4, -0.2) is 34.8 Å². The largest absolute Gasteiger partial charge is 0.456 e. The molecule has 3 aromatic rings. The number of nitrogens with zero attached hydrogens (tertiary/aromatic N) is 3. The summed E-state index contributed by atoms with van der Waals surface area (Å²) >= 11 is 12.3. The summed E-state index contributed by atoms with van der Waals surface area (Å²) in [7, 11) is -3.34. The number of halogens is 2. The van der Waals surface area contributed by atoms with Gasteiger partial charge in [0.15, 0.2) is 15.7 Å². The molecule has 0 atom stereocenters. The molecule has 1 aromatic heterocycles. The minimum Gasteiger partial charge on any atom is -0.456 e. The summed E-state index contributed by atoms with van der Waals surface area (Å²) in [5, 5.41) is 14.2. The summed E-state index contributed by atoms with van der Waals surface area (Å²) in [6, 6.07) is 9.55. The molecule has 2 aromatic carbocycles. The fourth-order valence-corrected chi connectivity index (χ4v) is 3.72. The monoisotopic (exact) mass is 412 g/mol. The quantitative estimate of drug-likeness (QED) is 0.662. The molecule has 7 nitrogen and oxygen atoms in total. The van der Waals surface area contributed by atoms with Crippen LogP contribution in [0.3, 0.4) is 0 Å². The van der Waals surface area contributed by atoms with Crippen LogP contribution in [-0.2, 0) is 16.3 Å². The Hall–Kier alpha value is -2.16. The number of tetrazole rings is 1. The molecule has 0 saturated heterocycles. The van der Waals surface area contributed by atoms with Gasteiger partial charge >= 0.3 is 0 Å². The Labute approximate surface area is 160 Å². The summed E-state index contributed by atoms with van der Waals surface area (Å²) in [4.78, 5) is 0.155. The SMILES string of the molecule is CCS(=O)(=O)c1ccc(Oc2cc(Cl)cc(Cc3nnn[nH]3)c2)c(Cl)c1. The Balaban J connectivity index is 1.86. The van der Waals surface area contributed by atoms with Crippen LogP contribution < -0.4 is 4.74 Å². The Kier molecular flexibility index (Phi) is 5.45. The van der Waals surface area contributed by atoms with Gasteiger partial charge in [0.2, 0.25) is 0 Å². The van der Waals surface area contributed by atoms with Crippen molar-refractivity contribution in [1.82, 2.24) is 20.6 Å². The van der Waals surface area contributed by atoms with Gasteiger partial charge in [0.25, 0.3) is 0 Å². The maximum Gasteiger partial charge on any atom is 0.178 e. The Morgan fingerprint density at radius 1 is 1.15 bits per heavy atom. The molecule has 0 unspecified atom stereocenters. The number of aromatic amines is 1. The number of hydrogen-bond donors (Lipinski definition) is 1. The maximum atomic E-state index is 11.9. The zero-order valence-corrected chi connectivity index (χ0v) is 15.9. The third-order valence-corrected chi connectivity index (χ3v) is 5.81. The Bertz CT molecular complexity index is 1020. The highest BCUT2D eigenvalue weighted by atomic mass is 35.5. The van der Waals surface area contributed by atoms with Crippen LogP contribution in [0.1, 0.15) is 18.3 Å². The zero-order chi connectivity index (χ0) is 18.7. The van der Waals surface area contributed by atoms with E-state index >= 15 is 0 Å². The Morgan fingerprint density at radius 2 is 1.96 bits per heavy atom. The van der Waals surface area contributed by atoms with Crippen molar-refractivity contribution < 1.29 is 13.2 Å². The number of rotatable bonds is 6. The number of H-pyrrole nitrogens is 1. The number of ether oxygens (including phenoxy) is 1. The van der Waals surface area contributed by atoms with E-state index in [2.05, 4.69) is 20.6 Å². The molecule has 0 aliphatic rings. The summed E-state index contributed by atoms with van der Waals surface area (Å²) in [5.41, 5.74) is 0.840. The molecule has 0 saturated carbocycles. The van der Waals surface area contributed by atoms with Gasteiger partial charge in [-0.3, -0.25) is 0 Å². The lowest BCUT2D eigenvalue weighted by molar-refractivity contribution is 0.482. The van der Waals surface area contributed by atoms with Crippen molar-refractivity contribution in [2.24, 2.45) is 0 Å². The lowest BCUT2D eigenvalue weighted by Crippen LogP contribution is -2.03. The normalized spacial score (nSPS) is 11.5. The second kappa shape index (κ2) is 7.61. The minimum absolute atomic E-state index is 0.00230. The number of sulfone groups is 1. The molecule has 136 valence electrons. The molecule has 0 aliphatic heterocycles. The highest BCUT2D eigenvalue weighted by Gasteiger charge is 2.15. The van der Waals surface area contributed by atoms with Gasteiger partial charge in [-0.05, 0) is 52.4 Å². The zero-order valence-electron chi connectivity index (χ0n) is 13.6. The van der Waals surface area contributed by atoms with Crippen LogP contribution in [0.5, 0.6) is 11.5 Å². The van der Waals surface area contributed by atoms with E-state index in [1.165, 1.54) is 18.2 Å². The number of aromatic nitrogens is 4. The fourth-order valence-electron chi connectivity index (χ4n) is 2.28. The van der Waals surface area contributed by atoms with Gasteiger partial charge in [0.05, 0.1) is 15.7 Å². The van der Waals surface area contributed by atoms with Crippen LogP contribution in [0.25, 0.3) is 0 Å². The van der Waals surface area contributed by atoms with E-state index in [1.807, 2.05) is 0 Å². The molecule has 0 radical (unpaired) electrons. The molecule has 3 rings (SSSR count). The van der Waals surface area contributed by atoms with Crippen molar-refractivity contribution in [3.05, 3.63) is 57.8 Å². The molecule has 1 heterocycles. The van der Waals surface area contributed by atoms with Crippen LogP contribution >= 0.6 is 23.2 Å². The lowest BCUT2D eigenvalue weighted by atomic mass is 10.1. The minimum atomic E-state index is -3.34. The topological polar surface area (TPSA) is 97.8 Å². The molecular weight excluding hydrogens is 399 g/mol. The molecule has 26 heavy (non-hydrogen) atoms. The van der Waals surface area contributed by atoms with Crippen molar-refractivity contribution in [3.8, 4) is 11.5 Å². The fraction of sp³-hybridized carbons (Fsp3) is 0.188. The predicted octanol–water partition coefficient (Wildman–Crippen LogP) is 3.68. The summed E-state index contributed by atoms with van der Waals surface area (Å²) in [6.07, 6.45) is 0.450. The van der Waals surface area contributed by atoms with E-state index in [9.17, 15) is 8.42 Å². The smallest absolute Gasteiger partial charge is 0.178 e. The van der Waals surface area contributed by atoms with E-state index in [0.29, 0.717) is 28.8 Å². The molecule has 0 amide bonds. The van der Waals surface area contributed by atoms with Crippen molar-refractivity contribution >= 4 is 33.0 Å². The van der Waals surface area contributed by atoms with Gasteiger partial charge in [-0.25, -0.2) is 13.5 Å². The summed E-state index contributed by atoms with van der Waals surface area (Å²) in [5.74, 6) is 1.38. The predicted molar refractivity (Wildman–Crippen MR) is 97.7 cm³/mol. The van der Waals surface area contributed by atoms with Crippen molar-refractivity contribution in [2.45, 2.75) is 18.2 Å². The molecule has 0 aliphatic carbocycles. The lowest BCUT2D eigenvalue weighted by Gasteiger charge is -2.11. The molecular formula is C16H14Cl2N4O3S. The number of benzene rings is 2.